The number of nitrogens with zero attached hydrogens (tertiary/aromatic N) is 3. The Balaban J connectivity index is 2.05. The fourth-order valence-electron chi connectivity index (χ4n) is 1.99. The van der Waals surface area contributed by atoms with E-state index in [-0.39, 0.29) is 11.6 Å². The molecule has 0 aliphatic carbocycles. The second-order valence-corrected chi connectivity index (χ2v) is 5.27. The van der Waals surface area contributed by atoms with Crippen LogP contribution in [0.4, 0.5) is 24.7 Å². The normalized spacial score (nSPS) is 11.3. The molecule has 24 heavy (non-hydrogen) atoms. The summed E-state index contributed by atoms with van der Waals surface area (Å²) >= 11 is 5.88. The summed E-state index contributed by atoms with van der Waals surface area (Å²) in [6, 6.07) is 10.6. The molecular weight excluding hydrogens is 341 g/mol. The van der Waals surface area contributed by atoms with E-state index in [1.54, 1.807) is 36.4 Å². The zero-order valence-electron chi connectivity index (χ0n) is 12.0. The molecule has 3 aromatic rings. The Morgan fingerprint density at radius 3 is 2.50 bits per heavy atom. The van der Waals surface area contributed by atoms with E-state index in [0.717, 1.165) is 6.07 Å². The summed E-state index contributed by atoms with van der Waals surface area (Å²) in [5.74, 6) is -0.0547. The van der Waals surface area contributed by atoms with Crippen LogP contribution in [0, 0.1) is 0 Å². The van der Waals surface area contributed by atoms with E-state index in [1.165, 1.54) is 12.4 Å². The third-order valence-electron chi connectivity index (χ3n) is 3.03. The van der Waals surface area contributed by atoms with Gasteiger partial charge in [-0.05, 0) is 30.3 Å². The van der Waals surface area contributed by atoms with Crippen LogP contribution >= 0.6 is 11.6 Å². The van der Waals surface area contributed by atoms with Crippen molar-refractivity contribution in [2.75, 3.05) is 5.32 Å². The topological polar surface area (TPSA) is 50.7 Å². The molecule has 0 fully saturated rings. The predicted molar refractivity (Wildman–Crippen MR) is 85.0 cm³/mol. The van der Waals surface area contributed by atoms with Crippen molar-refractivity contribution < 1.29 is 13.2 Å². The van der Waals surface area contributed by atoms with Crippen molar-refractivity contribution in [3.63, 3.8) is 0 Å². The van der Waals surface area contributed by atoms with Crippen molar-refractivity contribution in [2.24, 2.45) is 0 Å². The Bertz CT molecular complexity index is 853. The quantitative estimate of drug-likeness (QED) is 0.725. The molecule has 0 saturated heterocycles. The molecule has 4 nitrogen and oxygen atoms in total. The summed E-state index contributed by atoms with van der Waals surface area (Å²) < 4.78 is 39.3. The minimum atomic E-state index is -4.59. The van der Waals surface area contributed by atoms with Crippen LogP contribution in [0.5, 0.6) is 0 Å². The summed E-state index contributed by atoms with van der Waals surface area (Å²) in [5, 5.41) is 3.27. The molecule has 0 radical (unpaired) electrons. The fourth-order valence-corrected chi connectivity index (χ4v) is 2.19. The predicted octanol–water partition coefficient (Wildman–Crippen LogP) is 4.95. The van der Waals surface area contributed by atoms with Crippen molar-refractivity contribution >= 4 is 23.1 Å². The van der Waals surface area contributed by atoms with Gasteiger partial charge in [-0.25, -0.2) is 9.97 Å². The van der Waals surface area contributed by atoms with Crippen molar-refractivity contribution in [1.29, 1.82) is 0 Å². The minimum Gasteiger partial charge on any atom is -0.340 e. The maximum absolute atomic E-state index is 13.1. The van der Waals surface area contributed by atoms with E-state index in [4.69, 9.17) is 11.6 Å². The standard InChI is InChI=1S/C16H10ClF3N4/c17-11-4-1-5-12(7-11)22-14-8-13(16(18,19)20)23-15(24-14)10-3-2-6-21-9-10/h1-9H,(H,22,23,24). The lowest BCUT2D eigenvalue weighted by molar-refractivity contribution is -0.141. The molecule has 0 spiro atoms. The highest BCUT2D eigenvalue weighted by Gasteiger charge is 2.33. The van der Waals surface area contributed by atoms with E-state index in [9.17, 15) is 13.2 Å². The van der Waals surface area contributed by atoms with Crippen LogP contribution < -0.4 is 5.32 Å². The van der Waals surface area contributed by atoms with Crippen LogP contribution in [0.2, 0.25) is 5.02 Å². The lowest BCUT2D eigenvalue weighted by Crippen LogP contribution is -2.11. The zero-order valence-corrected chi connectivity index (χ0v) is 12.8. The average molecular weight is 351 g/mol. The van der Waals surface area contributed by atoms with Crippen LogP contribution in [0.25, 0.3) is 11.4 Å². The maximum atomic E-state index is 13.1. The Kier molecular flexibility index (Phi) is 4.35. The van der Waals surface area contributed by atoms with Crippen LogP contribution in [-0.2, 0) is 6.18 Å². The number of hydrogen-bond acceptors (Lipinski definition) is 4. The molecule has 0 saturated carbocycles. The third-order valence-corrected chi connectivity index (χ3v) is 3.27. The molecule has 0 amide bonds. The van der Waals surface area contributed by atoms with Crippen molar-refractivity contribution in [1.82, 2.24) is 15.0 Å². The van der Waals surface area contributed by atoms with Gasteiger partial charge in [0.15, 0.2) is 11.5 Å². The van der Waals surface area contributed by atoms with Gasteiger partial charge >= 0.3 is 6.18 Å². The molecule has 1 N–H and O–H groups in total. The Morgan fingerprint density at radius 2 is 1.83 bits per heavy atom. The summed E-state index contributed by atoms with van der Waals surface area (Å²) in [6.07, 6.45) is -1.68. The van der Waals surface area contributed by atoms with E-state index < -0.39 is 11.9 Å². The van der Waals surface area contributed by atoms with Gasteiger partial charge in [-0.15, -0.1) is 0 Å². The first-order valence-corrected chi connectivity index (χ1v) is 7.19. The Morgan fingerprint density at radius 1 is 1.00 bits per heavy atom. The van der Waals surface area contributed by atoms with Gasteiger partial charge in [0.2, 0.25) is 0 Å². The van der Waals surface area contributed by atoms with Crippen LogP contribution in [0.15, 0.2) is 54.9 Å². The molecular formula is C16H10ClF3N4. The molecule has 0 unspecified atom stereocenters. The van der Waals surface area contributed by atoms with Gasteiger partial charge < -0.3 is 5.32 Å². The van der Waals surface area contributed by atoms with Crippen LogP contribution in [-0.4, -0.2) is 15.0 Å². The van der Waals surface area contributed by atoms with Crippen LogP contribution in [0.3, 0.4) is 0 Å². The molecule has 1 aromatic carbocycles. The number of halogens is 4. The minimum absolute atomic E-state index is 0.0124. The monoisotopic (exact) mass is 350 g/mol. The highest BCUT2D eigenvalue weighted by molar-refractivity contribution is 6.30. The van der Waals surface area contributed by atoms with Gasteiger partial charge in [-0.1, -0.05) is 17.7 Å². The highest BCUT2D eigenvalue weighted by Crippen LogP contribution is 2.31. The Labute approximate surface area is 140 Å². The second-order valence-electron chi connectivity index (χ2n) is 4.84. The van der Waals surface area contributed by atoms with E-state index >= 15 is 0 Å². The van der Waals surface area contributed by atoms with Gasteiger partial charge in [0.05, 0.1) is 0 Å². The molecule has 0 aliphatic heterocycles. The summed E-state index contributed by atoms with van der Waals surface area (Å²) in [7, 11) is 0. The second kappa shape index (κ2) is 6.45. The molecule has 0 bridgehead atoms. The van der Waals surface area contributed by atoms with Gasteiger partial charge in [-0.2, -0.15) is 13.2 Å². The number of alkyl halides is 3. The Hall–Kier alpha value is -2.67. The molecule has 2 aromatic heterocycles. The maximum Gasteiger partial charge on any atom is 0.433 e. The van der Waals surface area contributed by atoms with E-state index in [2.05, 4.69) is 20.3 Å². The average Bonchev–Trinajstić information content (AvgIpc) is 2.54. The zero-order chi connectivity index (χ0) is 17.2. The molecule has 0 aliphatic rings. The van der Waals surface area contributed by atoms with E-state index in [1.807, 2.05) is 0 Å². The lowest BCUT2D eigenvalue weighted by atomic mass is 10.2. The summed E-state index contributed by atoms with van der Waals surface area (Å²) in [5.41, 5.74) is -0.134. The number of aromatic nitrogens is 3. The van der Waals surface area contributed by atoms with Crippen molar-refractivity contribution in [3.05, 3.63) is 65.6 Å². The van der Waals surface area contributed by atoms with Gasteiger partial charge in [-0.3, -0.25) is 4.98 Å². The fraction of sp³-hybridized carbons (Fsp3) is 0.0625. The van der Waals surface area contributed by atoms with E-state index in [0.29, 0.717) is 16.3 Å². The molecule has 122 valence electrons. The number of pyridine rings is 1. The highest BCUT2D eigenvalue weighted by atomic mass is 35.5. The van der Waals surface area contributed by atoms with Crippen LogP contribution in [0.1, 0.15) is 5.69 Å². The first-order chi connectivity index (χ1) is 11.4. The van der Waals surface area contributed by atoms with Gasteiger partial charge in [0, 0.05) is 34.7 Å². The first-order valence-electron chi connectivity index (χ1n) is 6.81. The summed E-state index contributed by atoms with van der Waals surface area (Å²) in [4.78, 5) is 11.6. The summed E-state index contributed by atoms with van der Waals surface area (Å²) in [6.45, 7) is 0. The number of benzene rings is 1. The molecule has 2 heterocycles. The lowest BCUT2D eigenvalue weighted by Gasteiger charge is -2.12. The number of hydrogen-bond donors (Lipinski definition) is 1. The SMILES string of the molecule is FC(F)(F)c1cc(Nc2cccc(Cl)c2)nc(-c2cccnc2)n1. The third kappa shape index (κ3) is 3.80. The molecule has 8 heteroatoms. The van der Waals surface area contributed by atoms with Gasteiger partial charge in [0.25, 0.3) is 0 Å². The van der Waals surface area contributed by atoms with Gasteiger partial charge in [0.1, 0.15) is 5.82 Å². The molecule has 3 rings (SSSR count). The number of nitrogens with one attached hydrogen (secondary N) is 1. The first kappa shape index (κ1) is 16.2. The molecule has 0 atom stereocenters. The number of anilines is 2. The number of rotatable bonds is 3. The smallest absolute Gasteiger partial charge is 0.340 e. The van der Waals surface area contributed by atoms with Crippen molar-refractivity contribution in [2.45, 2.75) is 6.18 Å². The van der Waals surface area contributed by atoms with Crippen molar-refractivity contribution in [3.8, 4) is 11.4 Å². The largest absolute Gasteiger partial charge is 0.433 e.